The fourth-order valence-electron chi connectivity index (χ4n) is 3.63. The Morgan fingerprint density at radius 3 is 2.32 bits per heavy atom. The Hall–Kier alpha value is -2.89. The lowest BCUT2D eigenvalue weighted by atomic mass is 10.1. The van der Waals surface area contributed by atoms with Crippen LogP contribution in [0.3, 0.4) is 0 Å². The van der Waals surface area contributed by atoms with Crippen LogP contribution in [0.2, 0.25) is 0 Å². The van der Waals surface area contributed by atoms with Crippen LogP contribution in [0.25, 0.3) is 0 Å². The van der Waals surface area contributed by atoms with E-state index in [1.54, 1.807) is 11.9 Å². The number of hydrogen-bond acceptors (Lipinski definition) is 5. The SMILES string of the molecule is CN(Cc1ccc(N2CCCCC2)cc1)C(=O)c1ccc(S(=O)(=O)NCCC#N)cc1. The third kappa shape index (κ3) is 6.06. The summed E-state index contributed by atoms with van der Waals surface area (Å²) in [4.78, 5) is 16.8. The minimum absolute atomic E-state index is 0.0544. The lowest BCUT2D eigenvalue weighted by molar-refractivity contribution is 0.0785. The predicted molar refractivity (Wildman–Crippen MR) is 120 cm³/mol. The number of nitriles is 1. The van der Waals surface area contributed by atoms with Gasteiger partial charge in [-0.05, 0) is 61.2 Å². The molecule has 3 rings (SSSR count). The number of carbonyl (C=O) groups excluding carboxylic acids is 1. The van der Waals surface area contributed by atoms with Crippen molar-refractivity contribution in [2.45, 2.75) is 37.1 Å². The van der Waals surface area contributed by atoms with Gasteiger partial charge in [0.05, 0.1) is 11.0 Å². The van der Waals surface area contributed by atoms with Crippen molar-refractivity contribution in [3.63, 3.8) is 0 Å². The van der Waals surface area contributed by atoms with E-state index in [-0.39, 0.29) is 23.8 Å². The standard InChI is InChI=1S/C23H28N4O3S/c1-26(18-19-6-10-21(11-7-19)27-16-3-2-4-17-27)23(28)20-8-12-22(13-9-20)31(29,30)25-15-5-14-24/h6-13,25H,2-5,15-18H2,1H3. The molecule has 1 heterocycles. The van der Waals surface area contributed by atoms with Crippen molar-refractivity contribution in [2.24, 2.45) is 0 Å². The summed E-state index contributed by atoms with van der Waals surface area (Å²) in [7, 11) is -1.96. The van der Waals surface area contributed by atoms with Gasteiger partial charge in [-0.25, -0.2) is 13.1 Å². The average Bonchev–Trinajstić information content (AvgIpc) is 2.80. The van der Waals surface area contributed by atoms with Crippen molar-refractivity contribution < 1.29 is 13.2 Å². The summed E-state index contributed by atoms with van der Waals surface area (Å²) in [5.74, 6) is -0.179. The van der Waals surface area contributed by atoms with E-state index < -0.39 is 10.0 Å². The molecule has 31 heavy (non-hydrogen) atoms. The Balaban J connectivity index is 1.60. The van der Waals surface area contributed by atoms with Crippen molar-refractivity contribution in [1.29, 1.82) is 5.26 Å². The zero-order valence-electron chi connectivity index (χ0n) is 17.8. The number of rotatable bonds is 8. The lowest BCUT2D eigenvalue weighted by Gasteiger charge is -2.29. The van der Waals surface area contributed by atoms with Crippen LogP contribution in [0.5, 0.6) is 0 Å². The van der Waals surface area contributed by atoms with E-state index in [1.807, 2.05) is 6.07 Å². The summed E-state index contributed by atoms with van der Waals surface area (Å²) >= 11 is 0. The zero-order chi connectivity index (χ0) is 22.3. The number of benzene rings is 2. The van der Waals surface area contributed by atoms with Crippen LogP contribution in [0.1, 0.15) is 41.6 Å². The first-order chi connectivity index (χ1) is 14.9. The maximum atomic E-state index is 12.8. The van der Waals surface area contributed by atoms with Crippen LogP contribution < -0.4 is 9.62 Å². The van der Waals surface area contributed by atoms with Crippen molar-refractivity contribution in [1.82, 2.24) is 9.62 Å². The van der Waals surface area contributed by atoms with E-state index in [0.717, 1.165) is 18.7 Å². The van der Waals surface area contributed by atoms with Gasteiger partial charge in [-0.15, -0.1) is 0 Å². The quantitative estimate of drug-likeness (QED) is 0.637. The molecule has 8 heteroatoms. The highest BCUT2D eigenvalue weighted by Crippen LogP contribution is 2.21. The second kappa shape index (κ2) is 10.4. The van der Waals surface area contributed by atoms with Gasteiger partial charge in [0.25, 0.3) is 5.91 Å². The van der Waals surface area contributed by atoms with E-state index in [4.69, 9.17) is 5.26 Å². The normalized spacial score (nSPS) is 14.1. The minimum Gasteiger partial charge on any atom is -0.372 e. The minimum atomic E-state index is -3.69. The molecule has 0 spiro atoms. The Morgan fingerprint density at radius 1 is 1.06 bits per heavy atom. The highest BCUT2D eigenvalue weighted by Gasteiger charge is 2.17. The monoisotopic (exact) mass is 440 g/mol. The third-order valence-electron chi connectivity index (χ3n) is 5.36. The third-order valence-corrected chi connectivity index (χ3v) is 6.84. The van der Waals surface area contributed by atoms with E-state index >= 15 is 0 Å². The largest absolute Gasteiger partial charge is 0.372 e. The van der Waals surface area contributed by atoms with Gasteiger partial charge in [0.15, 0.2) is 0 Å². The number of anilines is 1. The molecule has 0 atom stereocenters. The summed E-state index contributed by atoms with van der Waals surface area (Å²) in [6.45, 7) is 2.71. The van der Waals surface area contributed by atoms with E-state index in [1.165, 1.54) is 49.2 Å². The van der Waals surface area contributed by atoms with E-state index in [0.29, 0.717) is 12.1 Å². The van der Waals surface area contributed by atoms with Gasteiger partial charge in [0.2, 0.25) is 10.0 Å². The molecule has 0 radical (unpaired) electrons. The molecule has 7 nitrogen and oxygen atoms in total. The number of piperidine rings is 1. The number of carbonyl (C=O) groups is 1. The van der Waals surface area contributed by atoms with Gasteiger partial charge >= 0.3 is 0 Å². The molecule has 0 aliphatic carbocycles. The average molecular weight is 441 g/mol. The molecule has 0 aromatic heterocycles. The molecule has 1 aliphatic rings. The van der Waals surface area contributed by atoms with Crippen molar-refractivity contribution in [3.05, 3.63) is 59.7 Å². The highest BCUT2D eigenvalue weighted by molar-refractivity contribution is 7.89. The second-order valence-electron chi connectivity index (χ2n) is 7.71. The Morgan fingerprint density at radius 2 is 1.71 bits per heavy atom. The number of sulfonamides is 1. The molecule has 1 saturated heterocycles. The van der Waals surface area contributed by atoms with Crippen molar-refractivity contribution in [3.8, 4) is 6.07 Å². The second-order valence-corrected chi connectivity index (χ2v) is 9.47. The maximum Gasteiger partial charge on any atom is 0.253 e. The summed E-state index contributed by atoms with van der Waals surface area (Å²) in [6, 6.07) is 16.0. The molecule has 2 aromatic rings. The Bertz CT molecular complexity index is 1020. The van der Waals surface area contributed by atoms with Crippen LogP contribution in [-0.2, 0) is 16.6 Å². The molecule has 1 aliphatic heterocycles. The van der Waals surface area contributed by atoms with Crippen LogP contribution in [0.4, 0.5) is 5.69 Å². The molecule has 0 saturated carbocycles. The molecule has 1 amide bonds. The number of hydrogen-bond donors (Lipinski definition) is 1. The van der Waals surface area contributed by atoms with Crippen LogP contribution in [0, 0.1) is 11.3 Å². The van der Waals surface area contributed by atoms with Gasteiger partial charge in [0, 0.05) is 50.9 Å². The van der Waals surface area contributed by atoms with Gasteiger partial charge in [-0.2, -0.15) is 5.26 Å². The Kier molecular flexibility index (Phi) is 7.66. The van der Waals surface area contributed by atoms with Gasteiger partial charge in [0.1, 0.15) is 0 Å². The first-order valence-electron chi connectivity index (χ1n) is 10.5. The summed E-state index contributed by atoms with van der Waals surface area (Å²) in [5, 5.41) is 8.53. The summed E-state index contributed by atoms with van der Waals surface area (Å²) in [5.41, 5.74) is 2.68. The van der Waals surface area contributed by atoms with Gasteiger partial charge in [-0.1, -0.05) is 12.1 Å². The van der Waals surface area contributed by atoms with Crippen LogP contribution >= 0.6 is 0 Å². The molecule has 1 N–H and O–H groups in total. The lowest BCUT2D eigenvalue weighted by Crippen LogP contribution is -2.29. The smallest absolute Gasteiger partial charge is 0.253 e. The van der Waals surface area contributed by atoms with Crippen molar-refractivity contribution >= 4 is 21.6 Å². The van der Waals surface area contributed by atoms with Crippen molar-refractivity contribution in [2.75, 3.05) is 31.6 Å². The maximum absolute atomic E-state index is 12.8. The first-order valence-corrected chi connectivity index (χ1v) is 11.9. The van der Waals surface area contributed by atoms with Gasteiger partial charge in [-0.3, -0.25) is 4.79 Å². The van der Waals surface area contributed by atoms with Crippen LogP contribution in [-0.4, -0.2) is 45.9 Å². The van der Waals surface area contributed by atoms with E-state index in [9.17, 15) is 13.2 Å². The highest BCUT2D eigenvalue weighted by atomic mass is 32.2. The molecule has 164 valence electrons. The zero-order valence-corrected chi connectivity index (χ0v) is 18.6. The fourth-order valence-corrected chi connectivity index (χ4v) is 4.66. The van der Waals surface area contributed by atoms with E-state index in [2.05, 4.69) is 33.9 Å². The number of nitrogens with one attached hydrogen (secondary N) is 1. The van der Waals surface area contributed by atoms with Crippen LogP contribution in [0.15, 0.2) is 53.4 Å². The summed E-state index contributed by atoms with van der Waals surface area (Å²) in [6.07, 6.45) is 3.86. The van der Waals surface area contributed by atoms with Gasteiger partial charge < -0.3 is 9.80 Å². The topological polar surface area (TPSA) is 93.5 Å². The summed E-state index contributed by atoms with van der Waals surface area (Å²) < 4.78 is 26.7. The predicted octanol–water partition coefficient (Wildman–Crippen LogP) is 3.14. The fraction of sp³-hybridized carbons (Fsp3) is 0.391. The number of nitrogens with zero attached hydrogens (tertiary/aromatic N) is 3. The first kappa shape index (κ1) is 22.8. The Labute approximate surface area is 184 Å². The molecule has 1 fully saturated rings. The molecular formula is C23H28N4O3S. The molecule has 0 bridgehead atoms. The molecule has 0 unspecified atom stereocenters. The molecule has 2 aromatic carbocycles. The number of amides is 1. The molecular weight excluding hydrogens is 412 g/mol.